The number of nitrogens with zero attached hydrogens (tertiary/aromatic N) is 3. The molecule has 1 unspecified atom stereocenters. The molecule has 1 N–H and O–H groups in total. The summed E-state index contributed by atoms with van der Waals surface area (Å²) in [5, 5.41) is 7.16. The zero-order chi connectivity index (χ0) is 17.1. The molecule has 3 rings (SSSR count). The third-order valence-corrected chi connectivity index (χ3v) is 4.22. The summed E-state index contributed by atoms with van der Waals surface area (Å²) in [6.07, 6.45) is 1.84. The Hall–Kier alpha value is -2.06. The van der Waals surface area contributed by atoms with Gasteiger partial charge in [-0.1, -0.05) is 5.16 Å². The first-order chi connectivity index (χ1) is 11.6. The van der Waals surface area contributed by atoms with Crippen molar-refractivity contribution in [1.29, 1.82) is 0 Å². The second-order valence-corrected chi connectivity index (χ2v) is 5.90. The Morgan fingerprint density at radius 3 is 3.04 bits per heavy atom. The Kier molecular flexibility index (Phi) is 5.06. The van der Waals surface area contributed by atoms with E-state index in [0.717, 1.165) is 6.42 Å². The zero-order valence-electron chi connectivity index (χ0n) is 14.0. The molecule has 8 heteroatoms. The van der Waals surface area contributed by atoms with Crippen LogP contribution in [0.4, 0.5) is 4.39 Å². The molecule has 24 heavy (non-hydrogen) atoms. The smallest absolute Gasteiger partial charge is 0.256 e. The van der Waals surface area contributed by atoms with E-state index in [2.05, 4.69) is 20.4 Å². The van der Waals surface area contributed by atoms with Gasteiger partial charge >= 0.3 is 0 Å². The van der Waals surface area contributed by atoms with Gasteiger partial charge in [-0.05, 0) is 20.3 Å². The highest BCUT2D eigenvalue weighted by atomic mass is 19.1. The van der Waals surface area contributed by atoms with Crippen molar-refractivity contribution in [3.63, 3.8) is 0 Å². The van der Waals surface area contributed by atoms with Crippen molar-refractivity contribution in [3.05, 3.63) is 35.4 Å². The molecule has 2 aromatic heterocycles. The summed E-state index contributed by atoms with van der Waals surface area (Å²) in [4.78, 5) is 8.11. The van der Waals surface area contributed by atoms with E-state index in [0.29, 0.717) is 36.3 Å². The van der Waals surface area contributed by atoms with Crippen LogP contribution in [-0.2, 0) is 4.74 Å². The molecule has 0 aromatic carbocycles. The van der Waals surface area contributed by atoms with Crippen LogP contribution in [0.5, 0.6) is 5.88 Å². The quantitative estimate of drug-likeness (QED) is 0.867. The van der Waals surface area contributed by atoms with Crippen molar-refractivity contribution < 1.29 is 18.4 Å². The average Bonchev–Trinajstić information content (AvgIpc) is 3.21. The Balaban J connectivity index is 1.64. The molecule has 0 saturated carbocycles. The van der Waals surface area contributed by atoms with E-state index in [1.807, 2.05) is 6.92 Å². The molecule has 0 bridgehead atoms. The van der Waals surface area contributed by atoms with Gasteiger partial charge in [-0.2, -0.15) is 4.98 Å². The lowest BCUT2D eigenvalue weighted by molar-refractivity contribution is 0.0619. The number of halogens is 1. The lowest BCUT2D eigenvalue weighted by atomic mass is 10.00. The molecule has 2 aromatic rings. The fourth-order valence-corrected chi connectivity index (χ4v) is 2.86. The first-order valence-electron chi connectivity index (χ1n) is 7.93. The monoisotopic (exact) mass is 336 g/mol. The summed E-state index contributed by atoms with van der Waals surface area (Å²) < 4.78 is 30.0. The van der Waals surface area contributed by atoms with E-state index in [1.54, 1.807) is 13.0 Å². The maximum Gasteiger partial charge on any atom is 0.256 e. The van der Waals surface area contributed by atoms with Gasteiger partial charge < -0.3 is 19.3 Å². The lowest BCUT2D eigenvalue weighted by Gasteiger charge is -2.20. The van der Waals surface area contributed by atoms with Crippen LogP contribution < -0.4 is 10.1 Å². The van der Waals surface area contributed by atoms with Gasteiger partial charge in [0, 0.05) is 36.7 Å². The first-order valence-corrected chi connectivity index (χ1v) is 7.93. The van der Waals surface area contributed by atoms with E-state index in [1.165, 1.54) is 13.3 Å². The second-order valence-electron chi connectivity index (χ2n) is 5.90. The molecular formula is C16H21FN4O3. The molecule has 1 aliphatic heterocycles. The van der Waals surface area contributed by atoms with E-state index in [-0.39, 0.29) is 23.9 Å². The predicted molar refractivity (Wildman–Crippen MR) is 83.0 cm³/mol. The summed E-state index contributed by atoms with van der Waals surface area (Å²) in [5.74, 6) is 1.32. The van der Waals surface area contributed by atoms with Crippen molar-refractivity contribution >= 4 is 0 Å². The molecule has 1 fully saturated rings. The van der Waals surface area contributed by atoms with Crippen LogP contribution in [0.2, 0.25) is 0 Å². The minimum atomic E-state index is -0.359. The van der Waals surface area contributed by atoms with Crippen LogP contribution in [0.25, 0.3) is 0 Å². The van der Waals surface area contributed by atoms with Gasteiger partial charge in [0.2, 0.25) is 5.88 Å². The van der Waals surface area contributed by atoms with Crippen molar-refractivity contribution in [2.75, 3.05) is 20.3 Å². The largest absolute Gasteiger partial charge is 0.481 e. The highest BCUT2D eigenvalue weighted by Crippen LogP contribution is 2.33. The standard InChI is InChI=1S/C16H21FN4O3/c1-9(12-6-14(22-3)19-8-13(12)17)18-7-11-4-5-23-15(11)16-20-10(2)21-24-16/h6,8-9,11,15,18H,4-5,7H2,1-3H3/t9?,11-,15-/m0/s1. The van der Waals surface area contributed by atoms with Crippen LogP contribution in [0.3, 0.4) is 0 Å². The third kappa shape index (κ3) is 3.54. The Morgan fingerprint density at radius 2 is 2.33 bits per heavy atom. The summed E-state index contributed by atoms with van der Waals surface area (Å²) >= 11 is 0. The molecule has 0 aliphatic carbocycles. The molecule has 3 atom stereocenters. The summed E-state index contributed by atoms with van der Waals surface area (Å²) in [5.41, 5.74) is 0.519. The maximum absolute atomic E-state index is 14.0. The van der Waals surface area contributed by atoms with Crippen LogP contribution in [-0.4, -0.2) is 35.4 Å². The fraction of sp³-hybridized carbons (Fsp3) is 0.562. The van der Waals surface area contributed by atoms with Crippen molar-refractivity contribution in [1.82, 2.24) is 20.4 Å². The summed E-state index contributed by atoms with van der Waals surface area (Å²) in [6.45, 7) is 4.97. The van der Waals surface area contributed by atoms with Crippen LogP contribution >= 0.6 is 0 Å². The second kappa shape index (κ2) is 7.23. The third-order valence-electron chi connectivity index (χ3n) is 4.22. The molecule has 0 spiro atoms. The molecule has 3 heterocycles. The number of ether oxygens (including phenoxy) is 2. The Labute approximate surface area is 139 Å². The number of pyridine rings is 1. The number of hydrogen-bond acceptors (Lipinski definition) is 7. The lowest BCUT2D eigenvalue weighted by Crippen LogP contribution is -2.28. The van der Waals surface area contributed by atoms with E-state index < -0.39 is 0 Å². The van der Waals surface area contributed by atoms with Crippen molar-refractivity contribution in [2.45, 2.75) is 32.4 Å². The van der Waals surface area contributed by atoms with Crippen molar-refractivity contribution in [2.24, 2.45) is 5.92 Å². The number of nitrogens with one attached hydrogen (secondary N) is 1. The Bertz CT molecular complexity index is 694. The topological polar surface area (TPSA) is 82.3 Å². The first kappa shape index (κ1) is 16.8. The van der Waals surface area contributed by atoms with Crippen molar-refractivity contribution in [3.8, 4) is 5.88 Å². The van der Waals surface area contributed by atoms with Gasteiger partial charge in [-0.15, -0.1) is 0 Å². The van der Waals surface area contributed by atoms with E-state index >= 15 is 0 Å². The van der Waals surface area contributed by atoms with E-state index in [9.17, 15) is 4.39 Å². The molecule has 130 valence electrons. The summed E-state index contributed by atoms with van der Waals surface area (Å²) in [7, 11) is 1.51. The predicted octanol–water partition coefficient (Wildman–Crippen LogP) is 2.35. The fourth-order valence-electron chi connectivity index (χ4n) is 2.86. The zero-order valence-corrected chi connectivity index (χ0v) is 14.0. The van der Waals surface area contributed by atoms with E-state index in [4.69, 9.17) is 14.0 Å². The summed E-state index contributed by atoms with van der Waals surface area (Å²) in [6, 6.07) is 1.42. The van der Waals surface area contributed by atoms with Crippen LogP contribution in [0, 0.1) is 18.7 Å². The van der Waals surface area contributed by atoms with Gasteiger partial charge in [0.1, 0.15) is 11.9 Å². The molecule has 0 radical (unpaired) electrons. The van der Waals surface area contributed by atoms with Gasteiger partial charge in [-0.3, -0.25) is 0 Å². The van der Waals surface area contributed by atoms with Crippen LogP contribution in [0.1, 0.15) is 42.8 Å². The number of aryl methyl sites for hydroxylation is 1. The molecule has 1 aliphatic rings. The maximum atomic E-state index is 14.0. The molecule has 7 nitrogen and oxygen atoms in total. The minimum Gasteiger partial charge on any atom is -0.481 e. The average molecular weight is 336 g/mol. The molecular weight excluding hydrogens is 315 g/mol. The number of methoxy groups -OCH3 is 1. The number of aromatic nitrogens is 3. The van der Waals surface area contributed by atoms with Crippen LogP contribution in [0.15, 0.2) is 16.8 Å². The Morgan fingerprint density at radius 1 is 1.50 bits per heavy atom. The number of rotatable bonds is 6. The van der Waals surface area contributed by atoms with Gasteiger partial charge in [0.05, 0.1) is 13.3 Å². The highest BCUT2D eigenvalue weighted by molar-refractivity contribution is 5.24. The highest BCUT2D eigenvalue weighted by Gasteiger charge is 2.34. The SMILES string of the molecule is COc1cc(C(C)NC[C@@H]2CCO[C@@H]2c2nc(C)no2)c(F)cn1. The molecule has 1 saturated heterocycles. The molecule has 0 amide bonds. The minimum absolute atomic E-state index is 0.187. The van der Waals surface area contributed by atoms with Gasteiger partial charge in [-0.25, -0.2) is 9.37 Å². The van der Waals surface area contributed by atoms with Gasteiger partial charge in [0.25, 0.3) is 5.89 Å². The van der Waals surface area contributed by atoms with Gasteiger partial charge in [0.15, 0.2) is 5.82 Å². The normalized spacial score (nSPS) is 21.8. The number of hydrogen-bond donors (Lipinski definition) is 1.